The number of ether oxygens (including phenoxy) is 1. The van der Waals surface area contributed by atoms with Gasteiger partial charge in [0.2, 0.25) is 10.0 Å². The van der Waals surface area contributed by atoms with Crippen LogP contribution in [0.4, 0.5) is 8.78 Å². The van der Waals surface area contributed by atoms with Crippen LogP contribution < -0.4 is 9.46 Å². The molecule has 0 amide bonds. The Morgan fingerprint density at radius 3 is 2.18 bits per heavy atom. The fraction of sp³-hybridized carbons (Fsp3) is 0.143. The van der Waals surface area contributed by atoms with Crippen LogP contribution in [0.5, 0.6) is 5.75 Å². The Hall–Kier alpha value is -1.51. The van der Waals surface area contributed by atoms with Gasteiger partial charge in [-0.05, 0) is 42.0 Å². The minimum atomic E-state index is -3.63. The van der Waals surface area contributed by atoms with Gasteiger partial charge in [-0.3, -0.25) is 0 Å². The van der Waals surface area contributed by atoms with Crippen molar-refractivity contribution in [3.8, 4) is 5.75 Å². The maximum absolute atomic E-state index is 12.1. The molecule has 0 saturated carbocycles. The van der Waals surface area contributed by atoms with E-state index in [9.17, 15) is 17.2 Å². The summed E-state index contributed by atoms with van der Waals surface area (Å²) in [5, 5.41) is 0. The highest BCUT2D eigenvalue weighted by molar-refractivity contribution is 9.10. The summed E-state index contributed by atoms with van der Waals surface area (Å²) < 4.78 is 55.6. The Labute approximate surface area is 135 Å². The third-order valence-corrected chi connectivity index (χ3v) is 4.68. The summed E-state index contributed by atoms with van der Waals surface area (Å²) in [5.41, 5.74) is 0.627. The maximum Gasteiger partial charge on any atom is 0.387 e. The topological polar surface area (TPSA) is 55.4 Å². The Kier molecular flexibility index (Phi) is 5.49. The molecule has 4 nitrogen and oxygen atoms in total. The average Bonchev–Trinajstić information content (AvgIpc) is 2.46. The molecule has 2 aromatic carbocycles. The van der Waals surface area contributed by atoms with Crippen LogP contribution >= 0.6 is 15.9 Å². The number of benzene rings is 2. The van der Waals surface area contributed by atoms with Crippen LogP contribution in [-0.2, 0) is 16.6 Å². The Morgan fingerprint density at radius 2 is 1.64 bits per heavy atom. The lowest BCUT2D eigenvalue weighted by molar-refractivity contribution is -0.0498. The molecule has 0 fully saturated rings. The van der Waals surface area contributed by atoms with Crippen LogP contribution in [0.15, 0.2) is 57.9 Å². The van der Waals surface area contributed by atoms with E-state index < -0.39 is 16.6 Å². The summed E-state index contributed by atoms with van der Waals surface area (Å²) in [7, 11) is -3.63. The molecular weight excluding hydrogens is 380 g/mol. The summed E-state index contributed by atoms with van der Waals surface area (Å²) in [4.78, 5) is 0.147. The lowest BCUT2D eigenvalue weighted by atomic mass is 10.2. The highest BCUT2D eigenvalue weighted by Gasteiger charge is 2.13. The molecule has 0 aromatic heterocycles. The summed E-state index contributed by atoms with van der Waals surface area (Å²) in [6, 6.07) is 12.0. The van der Waals surface area contributed by atoms with Crippen molar-refractivity contribution in [2.75, 3.05) is 0 Å². The number of hydrogen-bond acceptors (Lipinski definition) is 3. The molecule has 0 aliphatic rings. The monoisotopic (exact) mass is 391 g/mol. The smallest absolute Gasteiger partial charge is 0.387 e. The molecule has 0 aliphatic carbocycles. The molecule has 0 bridgehead atoms. The predicted molar refractivity (Wildman–Crippen MR) is 81.2 cm³/mol. The van der Waals surface area contributed by atoms with Crippen LogP contribution in [0.3, 0.4) is 0 Å². The van der Waals surface area contributed by atoms with Crippen molar-refractivity contribution in [2.24, 2.45) is 0 Å². The molecular formula is C14H12BrF2NO3S. The van der Waals surface area contributed by atoms with Crippen molar-refractivity contribution in [3.05, 3.63) is 58.6 Å². The third kappa shape index (κ3) is 4.75. The van der Waals surface area contributed by atoms with Crippen LogP contribution in [0.25, 0.3) is 0 Å². The molecule has 0 unspecified atom stereocenters. The van der Waals surface area contributed by atoms with Gasteiger partial charge in [0.05, 0.1) is 4.90 Å². The van der Waals surface area contributed by atoms with E-state index >= 15 is 0 Å². The van der Waals surface area contributed by atoms with Crippen LogP contribution in [0.1, 0.15) is 5.56 Å². The Balaban J connectivity index is 2.01. The molecule has 0 atom stereocenters. The molecule has 0 spiro atoms. The molecule has 1 N–H and O–H groups in total. The van der Waals surface area contributed by atoms with E-state index in [1.165, 1.54) is 36.4 Å². The van der Waals surface area contributed by atoms with E-state index in [0.717, 1.165) is 4.47 Å². The van der Waals surface area contributed by atoms with Gasteiger partial charge >= 0.3 is 6.61 Å². The van der Waals surface area contributed by atoms with Crippen LogP contribution in [-0.4, -0.2) is 15.0 Å². The zero-order valence-electron chi connectivity index (χ0n) is 11.2. The molecule has 0 heterocycles. The van der Waals surface area contributed by atoms with Crippen molar-refractivity contribution in [1.29, 1.82) is 0 Å². The molecule has 2 aromatic rings. The number of rotatable bonds is 6. The standard InChI is InChI=1S/C14H12BrF2NO3S/c15-11-3-7-13(8-4-11)22(19,20)18-9-10-1-5-12(6-2-10)21-14(16)17/h1-8,14,18H,9H2. The number of sulfonamides is 1. The summed E-state index contributed by atoms with van der Waals surface area (Å²) >= 11 is 3.23. The first-order chi connectivity index (χ1) is 10.4. The fourth-order valence-corrected chi connectivity index (χ4v) is 2.95. The quantitative estimate of drug-likeness (QED) is 0.819. The lowest BCUT2D eigenvalue weighted by Gasteiger charge is -2.08. The van der Waals surface area contributed by atoms with E-state index in [0.29, 0.717) is 5.56 Å². The second-order valence-electron chi connectivity index (χ2n) is 4.30. The molecule has 0 radical (unpaired) electrons. The summed E-state index contributed by atoms with van der Waals surface area (Å²) in [6.07, 6.45) is 0. The van der Waals surface area contributed by atoms with Gasteiger partial charge in [-0.25, -0.2) is 13.1 Å². The minimum Gasteiger partial charge on any atom is -0.435 e. The van der Waals surface area contributed by atoms with Gasteiger partial charge < -0.3 is 4.74 Å². The van der Waals surface area contributed by atoms with E-state index in [-0.39, 0.29) is 17.2 Å². The predicted octanol–water partition coefficient (Wildman–Crippen LogP) is 3.53. The van der Waals surface area contributed by atoms with E-state index in [2.05, 4.69) is 25.4 Å². The molecule has 2 rings (SSSR count). The second-order valence-corrected chi connectivity index (χ2v) is 6.98. The van der Waals surface area contributed by atoms with E-state index in [4.69, 9.17) is 0 Å². The average molecular weight is 392 g/mol. The summed E-state index contributed by atoms with van der Waals surface area (Å²) in [6.45, 7) is -2.84. The van der Waals surface area contributed by atoms with Gasteiger partial charge in [0.15, 0.2) is 0 Å². The van der Waals surface area contributed by atoms with Crippen LogP contribution in [0.2, 0.25) is 0 Å². The number of nitrogens with one attached hydrogen (secondary N) is 1. The molecule has 22 heavy (non-hydrogen) atoms. The zero-order chi connectivity index (χ0) is 16.2. The normalized spacial score (nSPS) is 11.6. The third-order valence-electron chi connectivity index (χ3n) is 2.74. The van der Waals surface area contributed by atoms with Crippen LogP contribution in [0, 0.1) is 0 Å². The van der Waals surface area contributed by atoms with Gasteiger partial charge in [0, 0.05) is 11.0 Å². The second kappa shape index (κ2) is 7.17. The Morgan fingerprint density at radius 1 is 1.05 bits per heavy atom. The molecule has 0 aliphatic heterocycles. The lowest BCUT2D eigenvalue weighted by Crippen LogP contribution is -2.23. The molecule has 118 valence electrons. The van der Waals surface area contributed by atoms with Crippen molar-refractivity contribution in [1.82, 2.24) is 4.72 Å². The van der Waals surface area contributed by atoms with Gasteiger partial charge in [0.1, 0.15) is 5.75 Å². The number of alkyl halides is 2. The van der Waals surface area contributed by atoms with E-state index in [1.807, 2.05) is 0 Å². The molecule has 8 heteroatoms. The van der Waals surface area contributed by atoms with E-state index in [1.54, 1.807) is 12.1 Å². The fourth-order valence-electron chi connectivity index (χ4n) is 1.66. The van der Waals surface area contributed by atoms with Gasteiger partial charge in [-0.1, -0.05) is 28.1 Å². The number of halogens is 3. The highest BCUT2D eigenvalue weighted by atomic mass is 79.9. The first kappa shape index (κ1) is 16.9. The highest BCUT2D eigenvalue weighted by Crippen LogP contribution is 2.17. The van der Waals surface area contributed by atoms with Gasteiger partial charge in [-0.15, -0.1) is 0 Å². The molecule has 0 saturated heterocycles. The van der Waals surface area contributed by atoms with Gasteiger partial charge in [-0.2, -0.15) is 8.78 Å². The maximum atomic E-state index is 12.1. The van der Waals surface area contributed by atoms with Crippen molar-refractivity contribution in [2.45, 2.75) is 18.1 Å². The van der Waals surface area contributed by atoms with Crippen molar-refractivity contribution < 1.29 is 21.9 Å². The van der Waals surface area contributed by atoms with Gasteiger partial charge in [0.25, 0.3) is 0 Å². The van der Waals surface area contributed by atoms with Crippen molar-refractivity contribution in [3.63, 3.8) is 0 Å². The minimum absolute atomic E-state index is 0.0227. The Bertz CT molecular complexity index is 719. The first-order valence-electron chi connectivity index (χ1n) is 6.16. The zero-order valence-corrected chi connectivity index (χ0v) is 13.6. The summed E-state index contributed by atoms with van der Waals surface area (Å²) in [5.74, 6) is 0.0227. The number of hydrogen-bond donors (Lipinski definition) is 1. The SMILES string of the molecule is O=S(=O)(NCc1ccc(OC(F)F)cc1)c1ccc(Br)cc1. The first-order valence-corrected chi connectivity index (χ1v) is 8.43. The van der Waals surface area contributed by atoms with Crippen molar-refractivity contribution >= 4 is 26.0 Å². The largest absolute Gasteiger partial charge is 0.435 e.